The molecule has 8 aromatic carbocycles. The Morgan fingerprint density at radius 3 is 1.76 bits per heavy atom. The predicted molar refractivity (Wildman–Crippen MR) is 298 cm³/mol. The number of rotatable bonds is 10. The summed E-state index contributed by atoms with van der Waals surface area (Å²) in [6.07, 6.45) is 1.87. The van der Waals surface area contributed by atoms with E-state index >= 15 is 0 Å². The summed E-state index contributed by atoms with van der Waals surface area (Å²) in [4.78, 5) is 10.7. The Morgan fingerprint density at radius 2 is 1.10 bits per heavy atom. The molecular weight excluding hydrogens is 863 g/mol. The molecule has 0 aliphatic heterocycles. The maximum atomic E-state index is 12.7. The first-order valence-electron chi connectivity index (χ1n) is 25.3. The van der Waals surface area contributed by atoms with Crippen LogP contribution in [0, 0.1) is 0 Å². The number of nitrogens with zero attached hydrogens (tertiary/aromatic N) is 3. The number of imidazole rings is 1. The minimum Gasteiger partial charge on any atom is -0.507 e. The molecule has 0 saturated heterocycles. The van der Waals surface area contributed by atoms with Gasteiger partial charge >= 0.3 is 0 Å². The third-order valence-corrected chi connectivity index (χ3v) is 14.3. The molecule has 71 heavy (non-hydrogen) atoms. The first-order valence-corrected chi connectivity index (χ1v) is 24.8. The fourth-order valence-corrected chi connectivity index (χ4v) is 9.96. The van der Waals surface area contributed by atoms with Crippen molar-refractivity contribution >= 4 is 11.0 Å². The fourth-order valence-electron chi connectivity index (χ4n) is 9.96. The van der Waals surface area contributed by atoms with Crippen LogP contribution in [-0.2, 0) is 16.2 Å². The van der Waals surface area contributed by atoms with E-state index in [-0.39, 0.29) is 22.0 Å². The minimum atomic E-state index is -1.11. The first kappa shape index (κ1) is 45.6. The van der Waals surface area contributed by atoms with Gasteiger partial charge in [0.15, 0.2) is 0 Å². The third-order valence-electron chi connectivity index (χ3n) is 14.3. The third kappa shape index (κ3) is 9.12. The number of pyridine rings is 1. The highest BCUT2D eigenvalue weighted by Crippen LogP contribution is 2.47. The van der Waals surface area contributed by atoms with E-state index in [0.29, 0.717) is 11.4 Å². The van der Waals surface area contributed by atoms with Gasteiger partial charge in [-0.2, -0.15) is 0 Å². The molecule has 10 aromatic rings. The lowest BCUT2D eigenvalue weighted by Crippen LogP contribution is -2.19. The quantitative estimate of drug-likeness (QED) is 0.149. The van der Waals surface area contributed by atoms with Crippen LogP contribution in [0.4, 0.5) is 0 Å². The summed E-state index contributed by atoms with van der Waals surface area (Å²) in [7, 11) is 0. The predicted octanol–water partition coefficient (Wildman–Crippen LogP) is 17.5. The Hall–Kier alpha value is -7.82. The molecule has 1 unspecified atom stereocenters. The van der Waals surface area contributed by atoms with Gasteiger partial charge in [0.2, 0.25) is 0 Å². The van der Waals surface area contributed by atoms with Gasteiger partial charge in [0.1, 0.15) is 11.6 Å². The molecule has 1 N–H and O–H groups in total. The maximum Gasteiger partial charge on any atom is 0.149 e. The van der Waals surface area contributed by atoms with E-state index in [2.05, 4.69) is 218 Å². The van der Waals surface area contributed by atoms with Gasteiger partial charge in [-0.15, -0.1) is 0 Å². The molecule has 0 spiro atoms. The maximum absolute atomic E-state index is 12.7. The van der Waals surface area contributed by atoms with Gasteiger partial charge in [-0.25, -0.2) is 4.98 Å². The summed E-state index contributed by atoms with van der Waals surface area (Å²) in [6, 6.07) is 69.9. The van der Waals surface area contributed by atoms with E-state index in [4.69, 9.17) is 9.97 Å². The summed E-state index contributed by atoms with van der Waals surface area (Å²) in [5, 5.41) is 12.7. The average molecular weight is 927 g/mol. The van der Waals surface area contributed by atoms with Crippen LogP contribution < -0.4 is 0 Å². The van der Waals surface area contributed by atoms with E-state index in [1.807, 2.05) is 55.6 Å². The number of aromatic nitrogens is 3. The van der Waals surface area contributed by atoms with Gasteiger partial charge in [-0.1, -0.05) is 214 Å². The number of aromatic hydroxyl groups is 1. The molecule has 2 aromatic heterocycles. The number of fused-ring (bicyclic) bond motifs is 1. The van der Waals surface area contributed by atoms with Crippen molar-refractivity contribution in [2.75, 3.05) is 0 Å². The van der Waals surface area contributed by atoms with Crippen molar-refractivity contribution in [3.05, 3.63) is 240 Å². The number of phenols is 1. The fraction of sp³-hybridized carbons (Fsp3) is 0.194. The highest BCUT2D eigenvalue weighted by molar-refractivity contribution is 5.98. The first-order chi connectivity index (χ1) is 34.4. The van der Waals surface area contributed by atoms with Crippen LogP contribution in [0.3, 0.4) is 0 Å². The molecule has 0 fully saturated rings. The molecule has 352 valence electrons. The van der Waals surface area contributed by atoms with Gasteiger partial charge in [0.05, 0.1) is 28.0 Å². The standard InChI is InChI=1S/C67H63N3O/c1-44(45-23-14-10-15-24-45)49-37-50(39-51(38-49)59-40-48(35-36-68-59)46-25-16-11-17-26-46)55-31-22-32-61-62(55)69-64(57-42-54(65(2,3)4)43-58(63(57)71)66(5,6)7)70(61)60-34-33-53(41-56(60)47-27-18-12-19-28-47)67(8,9)52-29-20-13-21-30-52/h10-44,71H,1-9H3/i44D. The van der Waals surface area contributed by atoms with Crippen LogP contribution in [0.2, 0.25) is 0 Å². The van der Waals surface area contributed by atoms with Gasteiger partial charge in [0, 0.05) is 41.1 Å². The Bertz CT molecular complexity index is 3580. The van der Waals surface area contributed by atoms with Crippen molar-refractivity contribution in [3.8, 4) is 67.5 Å². The smallest absolute Gasteiger partial charge is 0.149 e. The average Bonchev–Trinajstić information content (AvgIpc) is 3.78. The Kier molecular flexibility index (Phi) is 11.9. The van der Waals surface area contributed by atoms with Gasteiger partial charge in [-0.05, 0) is 109 Å². The number of hydrogen-bond acceptors (Lipinski definition) is 3. The van der Waals surface area contributed by atoms with Crippen molar-refractivity contribution in [1.82, 2.24) is 14.5 Å². The van der Waals surface area contributed by atoms with Crippen LogP contribution in [-0.4, -0.2) is 19.6 Å². The van der Waals surface area contributed by atoms with Gasteiger partial charge in [0.25, 0.3) is 0 Å². The molecule has 0 aliphatic rings. The molecule has 0 radical (unpaired) electrons. The number of para-hydroxylation sites is 1. The van der Waals surface area contributed by atoms with E-state index < -0.39 is 5.89 Å². The monoisotopic (exact) mass is 927 g/mol. The second-order valence-corrected chi connectivity index (χ2v) is 21.5. The molecule has 0 aliphatic carbocycles. The van der Waals surface area contributed by atoms with E-state index in [1.54, 1.807) is 0 Å². The summed E-state index contributed by atoms with van der Waals surface area (Å²) in [6.45, 7) is 19.7. The van der Waals surface area contributed by atoms with E-state index in [9.17, 15) is 6.48 Å². The van der Waals surface area contributed by atoms with Crippen molar-refractivity contribution in [3.63, 3.8) is 0 Å². The van der Waals surface area contributed by atoms with Crippen molar-refractivity contribution in [1.29, 1.82) is 0 Å². The van der Waals surface area contributed by atoms with Crippen LogP contribution >= 0.6 is 0 Å². The summed E-state index contributed by atoms with van der Waals surface area (Å²) in [5.74, 6) is -0.246. The van der Waals surface area contributed by atoms with Crippen LogP contribution in [0.15, 0.2) is 206 Å². The zero-order valence-electron chi connectivity index (χ0n) is 43.4. The van der Waals surface area contributed by atoms with Gasteiger partial charge in [-0.3, -0.25) is 9.55 Å². The summed E-state index contributed by atoms with van der Waals surface area (Å²) < 4.78 is 12.3. The molecule has 1 atom stereocenters. The van der Waals surface area contributed by atoms with Gasteiger partial charge < -0.3 is 5.11 Å². The normalized spacial score (nSPS) is 13.2. The Morgan fingerprint density at radius 1 is 0.479 bits per heavy atom. The number of hydrogen-bond donors (Lipinski definition) is 1. The van der Waals surface area contributed by atoms with Crippen LogP contribution in [0.5, 0.6) is 5.75 Å². The van der Waals surface area contributed by atoms with Crippen LogP contribution in [0.25, 0.3) is 72.7 Å². The highest BCUT2D eigenvalue weighted by Gasteiger charge is 2.31. The highest BCUT2D eigenvalue weighted by atomic mass is 16.3. The second-order valence-electron chi connectivity index (χ2n) is 21.5. The van der Waals surface area contributed by atoms with Crippen molar-refractivity contribution in [2.45, 2.75) is 84.5 Å². The zero-order chi connectivity index (χ0) is 50.6. The molecular formula is C67H63N3O. The summed E-state index contributed by atoms with van der Waals surface area (Å²) in [5.41, 5.74) is 16.3. The molecule has 0 amide bonds. The molecule has 0 saturated carbocycles. The SMILES string of the molecule is [2H]C(C)(c1ccccc1)c1cc(-c2cc(-c3ccccc3)ccn2)cc(-c2cccc3c2nc(-c2cc(C(C)(C)C)cc(C(C)(C)C)c2O)n3-c2ccc(C(C)(C)c3ccccc3)cc2-c2ccccc2)c1. The van der Waals surface area contributed by atoms with Crippen molar-refractivity contribution in [2.24, 2.45) is 0 Å². The number of benzene rings is 8. The minimum absolute atomic E-state index is 0.221. The Balaban J connectivity index is 1.29. The lowest BCUT2D eigenvalue weighted by atomic mass is 9.77. The molecule has 0 bridgehead atoms. The van der Waals surface area contributed by atoms with Crippen molar-refractivity contribution < 1.29 is 6.48 Å². The number of phenolic OH excluding ortho intramolecular Hbond substituents is 1. The molecule has 4 heteroatoms. The lowest BCUT2D eigenvalue weighted by Gasteiger charge is -2.28. The Labute approximate surface area is 421 Å². The molecule has 10 rings (SSSR count). The largest absolute Gasteiger partial charge is 0.507 e. The van der Waals surface area contributed by atoms with Crippen LogP contribution in [0.1, 0.15) is 103 Å². The topological polar surface area (TPSA) is 50.9 Å². The lowest BCUT2D eigenvalue weighted by molar-refractivity contribution is 0.446. The molecule has 4 nitrogen and oxygen atoms in total. The summed E-state index contributed by atoms with van der Waals surface area (Å²) >= 11 is 0. The molecule has 2 heterocycles. The zero-order valence-corrected chi connectivity index (χ0v) is 42.4. The second kappa shape index (κ2) is 18.5. The van der Waals surface area contributed by atoms with E-state index in [1.165, 1.54) is 11.1 Å². The van der Waals surface area contributed by atoms with E-state index in [0.717, 1.165) is 83.6 Å².